The smallest absolute Gasteiger partial charge is 0.336 e. The number of carbonyl (C=O) groups is 1. The van der Waals surface area contributed by atoms with Crippen LogP contribution >= 0.6 is 18.6 Å². The fourth-order valence-electron chi connectivity index (χ4n) is 1.07. The van der Waals surface area contributed by atoms with E-state index < -0.39 is 37.7 Å². The van der Waals surface area contributed by atoms with Gasteiger partial charge in [0.2, 0.25) is 15.4 Å². The van der Waals surface area contributed by atoms with Gasteiger partial charge in [0.25, 0.3) is 0 Å². The minimum atomic E-state index is -3.97. The third-order valence-corrected chi connectivity index (χ3v) is 11.0. The molecule has 11 heteroatoms. The Balaban J connectivity index is 4.79. The predicted octanol–water partition coefficient (Wildman–Crippen LogP) is 1.36. The lowest BCUT2D eigenvalue weighted by Crippen LogP contribution is -2.31. The molecule has 20 heavy (non-hydrogen) atoms. The summed E-state index contributed by atoms with van der Waals surface area (Å²) < 4.78 is 45.7. The van der Waals surface area contributed by atoms with Crippen LogP contribution in [0, 0.1) is 0 Å². The van der Waals surface area contributed by atoms with E-state index in [-0.39, 0.29) is 13.2 Å². The van der Waals surface area contributed by atoms with Crippen LogP contribution in [0.3, 0.4) is 0 Å². The summed E-state index contributed by atoms with van der Waals surface area (Å²) in [5.41, 5.74) is 0. The summed E-state index contributed by atoms with van der Waals surface area (Å²) >= 11 is 1.42. The average molecular weight is 365 g/mol. The van der Waals surface area contributed by atoms with Crippen molar-refractivity contribution in [3.63, 3.8) is 0 Å². The van der Waals surface area contributed by atoms with Crippen LogP contribution in [0.1, 0.15) is 13.8 Å². The van der Waals surface area contributed by atoms with Gasteiger partial charge in [-0.1, -0.05) is 0 Å². The fraction of sp³-hybridized carbons (Fsp3) is 0.889. The predicted molar refractivity (Wildman–Crippen MR) is 83.2 cm³/mol. The minimum Gasteiger partial charge on any atom is -0.336 e. The van der Waals surface area contributed by atoms with E-state index in [0.717, 1.165) is 0 Å². The van der Waals surface area contributed by atoms with Crippen LogP contribution in [-0.2, 0) is 37.7 Å². The highest BCUT2D eigenvalue weighted by Crippen LogP contribution is 2.53. The molecule has 0 aliphatic heterocycles. The van der Waals surface area contributed by atoms with Gasteiger partial charge in [-0.15, -0.1) is 11.8 Å². The number of nitrogens with zero attached hydrogens (tertiary/aromatic N) is 1. The first kappa shape index (κ1) is 20.3. The van der Waals surface area contributed by atoms with E-state index in [4.69, 9.17) is 9.05 Å². The lowest BCUT2D eigenvalue weighted by atomic mass is 10.6. The third kappa shape index (κ3) is 6.36. The standard InChI is InChI=1S/C9H20NO6PS3/c1-5-15-17(12,16-6-2)20(14)19(13)7-9(11)10(3)8-18-4/h5-8H2,1-4H3. The Hall–Kier alpha value is 0.270. The Morgan fingerprint density at radius 1 is 1.25 bits per heavy atom. The molecule has 0 bridgehead atoms. The largest absolute Gasteiger partial charge is 0.431 e. The van der Waals surface area contributed by atoms with Crippen molar-refractivity contribution >= 4 is 43.7 Å². The Morgan fingerprint density at radius 2 is 1.75 bits per heavy atom. The minimum absolute atomic E-state index is 0.0144. The molecular weight excluding hydrogens is 345 g/mol. The maximum atomic E-state index is 12.2. The van der Waals surface area contributed by atoms with E-state index >= 15 is 0 Å². The van der Waals surface area contributed by atoms with Gasteiger partial charge in [-0.25, -0.2) is 13.0 Å². The van der Waals surface area contributed by atoms with E-state index in [9.17, 15) is 17.8 Å². The number of hydrogen-bond donors (Lipinski definition) is 0. The summed E-state index contributed by atoms with van der Waals surface area (Å²) in [7, 11) is -2.97. The van der Waals surface area contributed by atoms with Crippen molar-refractivity contribution in [3.8, 4) is 0 Å². The highest BCUT2D eigenvalue weighted by atomic mass is 33.4. The van der Waals surface area contributed by atoms with Crippen molar-refractivity contribution in [2.75, 3.05) is 38.1 Å². The third-order valence-electron chi connectivity index (χ3n) is 1.91. The Morgan fingerprint density at radius 3 is 2.15 bits per heavy atom. The molecule has 0 aromatic rings. The summed E-state index contributed by atoms with van der Waals surface area (Å²) in [5, 5.41) is 0. The first-order valence-corrected chi connectivity index (χ1v) is 12.3. The monoisotopic (exact) mass is 365 g/mol. The quantitative estimate of drug-likeness (QED) is 0.328. The molecule has 7 nitrogen and oxygen atoms in total. The molecule has 0 spiro atoms. The van der Waals surface area contributed by atoms with Crippen molar-refractivity contribution in [3.05, 3.63) is 0 Å². The molecule has 0 aromatic heterocycles. The molecule has 2 unspecified atom stereocenters. The fourth-order valence-corrected chi connectivity index (χ4v) is 8.65. The van der Waals surface area contributed by atoms with Crippen LogP contribution in [0.5, 0.6) is 0 Å². The lowest BCUT2D eigenvalue weighted by Gasteiger charge is -2.17. The van der Waals surface area contributed by atoms with Gasteiger partial charge in [-0.3, -0.25) is 13.8 Å². The summed E-state index contributed by atoms with van der Waals surface area (Å²) in [6, 6.07) is 0. The maximum absolute atomic E-state index is 12.2. The summed E-state index contributed by atoms with van der Waals surface area (Å²) in [5.74, 6) is -0.490. The number of amides is 1. The number of rotatable bonds is 10. The van der Waals surface area contributed by atoms with Crippen LogP contribution in [0.4, 0.5) is 0 Å². The molecular formula is C9H20NO6PS3. The SMILES string of the molecule is CCOP(=O)(OCC)S(=O)S(=O)CC(=O)N(C)CSC. The van der Waals surface area contributed by atoms with Crippen LogP contribution in [0.15, 0.2) is 0 Å². The Kier molecular flexibility index (Phi) is 10.2. The van der Waals surface area contributed by atoms with Crippen molar-refractivity contribution in [1.29, 1.82) is 0 Å². The summed E-state index contributed by atoms with van der Waals surface area (Å²) in [4.78, 5) is 13.1. The van der Waals surface area contributed by atoms with Gasteiger partial charge in [0.15, 0.2) is 0 Å². The highest BCUT2D eigenvalue weighted by molar-refractivity contribution is 8.85. The topological polar surface area (TPSA) is 90.0 Å². The zero-order chi connectivity index (χ0) is 15.8. The van der Waals surface area contributed by atoms with Crippen LogP contribution < -0.4 is 0 Å². The van der Waals surface area contributed by atoms with Crippen molar-refractivity contribution in [2.24, 2.45) is 0 Å². The molecule has 0 aromatic carbocycles. The first-order chi connectivity index (χ1) is 9.32. The van der Waals surface area contributed by atoms with Gasteiger partial charge in [0, 0.05) is 7.05 Å². The molecule has 0 saturated carbocycles. The molecule has 120 valence electrons. The molecule has 0 saturated heterocycles. The molecule has 0 rings (SSSR count). The van der Waals surface area contributed by atoms with E-state index in [0.29, 0.717) is 5.88 Å². The number of carbonyl (C=O) groups excluding carboxylic acids is 1. The van der Waals surface area contributed by atoms with Gasteiger partial charge in [0.1, 0.15) is 15.6 Å². The first-order valence-electron chi connectivity index (χ1n) is 5.75. The second kappa shape index (κ2) is 10.1. The lowest BCUT2D eigenvalue weighted by molar-refractivity contribution is -0.126. The molecule has 0 fully saturated rings. The molecule has 0 aliphatic carbocycles. The normalized spacial score (nSPS) is 14.8. The van der Waals surface area contributed by atoms with Gasteiger partial charge in [-0.05, 0) is 20.1 Å². The average Bonchev–Trinajstić information content (AvgIpc) is 2.38. The van der Waals surface area contributed by atoms with Gasteiger partial charge in [0.05, 0.1) is 19.1 Å². The summed E-state index contributed by atoms with van der Waals surface area (Å²) in [6.07, 6.45) is 1.82. The van der Waals surface area contributed by atoms with Crippen LogP contribution in [0.2, 0.25) is 0 Å². The van der Waals surface area contributed by atoms with Gasteiger partial charge < -0.3 is 4.90 Å². The van der Waals surface area contributed by atoms with E-state index in [1.165, 1.54) is 16.7 Å². The zero-order valence-corrected chi connectivity index (χ0v) is 15.2. The molecule has 0 N–H and O–H groups in total. The molecule has 1 amide bonds. The van der Waals surface area contributed by atoms with E-state index in [1.807, 2.05) is 6.26 Å². The summed E-state index contributed by atoms with van der Waals surface area (Å²) in [6.45, 7) is -0.826. The van der Waals surface area contributed by atoms with Crippen LogP contribution in [-0.4, -0.2) is 57.4 Å². The van der Waals surface area contributed by atoms with Gasteiger partial charge in [-0.2, -0.15) is 0 Å². The molecule has 0 aliphatic rings. The number of thioether (sulfide) groups is 1. The maximum Gasteiger partial charge on any atom is 0.431 e. The Labute approximate surface area is 127 Å². The number of hydrogen-bond acceptors (Lipinski definition) is 7. The molecule has 0 radical (unpaired) electrons. The second-order valence-corrected chi connectivity index (χ2v) is 12.1. The molecule has 0 heterocycles. The van der Waals surface area contributed by atoms with Crippen LogP contribution in [0.25, 0.3) is 0 Å². The van der Waals surface area contributed by atoms with Crippen molar-refractivity contribution in [1.82, 2.24) is 4.90 Å². The van der Waals surface area contributed by atoms with Crippen molar-refractivity contribution < 1.29 is 26.8 Å². The highest BCUT2D eigenvalue weighted by Gasteiger charge is 2.38. The molecule has 2 atom stereocenters. The van der Waals surface area contributed by atoms with E-state index in [2.05, 4.69) is 0 Å². The zero-order valence-electron chi connectivity index (χ0n) is 11.9. The van der Waals surface area contributed by atoms with Crippen molar-refractivity contribution in [2.45, 2.75) is 13.8 Å². The van der Waals surface area contributed by atoms with Gasteiger partial charge >= 0.3 is 6.80 Å². The van der Waals surface area contributed by atoms with E-state index in [1.54, 1.807) is 20.9 Å². The second-order valence-electron chi connectivity index (χ2n) is 3.46. The Bertz CT molecular complexity index is 408.